The van der Waals surface area contributed by atoms with Crippen LogP contribution in [0.1, 0.15) is 79.9 Å². The second-order valence-electron chi connectivity index (χ2n) is 6.52. The lowest BCUT2D eigenvalue weighted by Crippen LogP contribution is -2.41. The Balaban J connectivity index is -0.000000552. The van der Waals surface area contributed by atoms with E-state index in [4.69, 9.17) is 4.74 Å². The summed E-state index contributed by atoms with van der Waals surface area (Å²) in [6.45, 7) is 17.5. The van der Waals surface area contributed by atoms with E-state index in [1.54, 1.807) is 14.1 Å². The Morgan fingerprint density at radius 3 is 1.87 bits per heavy atom. The van der Waals surface area contributed by atoms with Crippen LogP contribution >= 0.6 is 0 Å². The number of alkyl carbamates (subject to hydrolysis) is 1. The third-order valence-electron chi connectivity index (χ3n) is 3.95. The molecule has 0 radical (unpaired) electrons. The summed E-state index contributed by atoms with van der Waals surface area (Å²) < 4.78 is 4.70. The van der Waals surface area contributed by atoms with Crippen LogP contribution in [0.15, 0.2) is 42.5 Å². The maximum absolute atomic E-state index is 11.5. The molecule has 1 aliphatic rings. The number of nitrogens with one attached hydrogen (secondary N) is 1. The third kappa shape index (κ3) is 13.4. The molecule has 0 saturated heterocycles. The molecule has 0 aromatic heterocycles. The number of carbonyl (C=O) groups excluding carboxylic acids is 2. The average molecular weight is 435 g/mol. The second-order valence-corrected chi connectivity index (χ2v) is 6.52. The molecule has 31 heavy (non-hydrogen) atoms. The molecule has 0 heterocycles. The van der Waals surface area contributed by atoms with Gasteiger partial charge in [0.25, 0.3) is 0 Å². The molecule has 2 amide bonds. The minimum absolute atomic E-state index is 0.0926. The minimum Gasteiger partial charge on any atom is -0.453 e. The molecular weight excluding hydrogens is 388 g/mol. The van der Waals surface area contributed by atoms with Crippen LogP contribution in [0.5, 0.6) is 0 Å². The summed E-state index contributed by atoms with van der Waals surface area (Å²) in [4.78, 5) is 23.1. The van der Waals surface area contributed by atoms with Crippen LogP contribution in [-0.2, 0) is 15.1 Å². The molecule has 0 bridgehead atoms. The van der Waals surface area contributed by atoms with Crippen molar-refractivity contribution in [2.75, 3.05) is 21.2 Å². The number of carbonyl (C=O) groups is 2. The third-order valence-corrected chi connectivity index (χ3v) is 3.95. The van der Waals surface area contributed by atoms with Crippen LogP contribution in [0.25, 0.3) is 5.57 Å². The summed E-state index contributed by atoms with van der Waals surface area (Å²) >= 11 is 0. The number of hydrogen-bond acceptors (Lipinski definition) is 3. The first-order chi connectivity index (χ1) is 14.7. The standard InChI is InChI=1S/C16H19NO2.C4H9NO.3C2H6/c1-16(2,17-15(18)19-3)14-11-7-6-10-13(14)12-8-4-5-9-12;1-4(6)5(2)3;3*1-2/h4-8,10-11H,9H2,1-3H3,(H,17,18);1-3H3;3*1-2H3. The van der Waals surface area contributed by atoms with Crippen LogP contribution in [0.3, 0.4) is 0 Å². The van der Waals surface area contributed by atoms with E-state index in [9.17, 15) is 9.59 Å². The Hall–Kier alpha value is -2.56. The molecule has 2 rings (SSSR count). The zero-order valence-electron chi connectivity index (χ0n) is 21.9. The first kappa shape index (κ1) is 33.1. The van der Waals surface area contributed by atoms with Crippen LogP contribution in [0.4, 0.5) is 4.79 Å². The number of amides is 2. The number of benzene rings is 1. The molecule has 0 fully saturated rings. The van der Waals surface area contributed by atoms with Crippen molar-refractivity contribution < 1.29 is 14.3 Å². The van der Waals surface area contributed by atoms with E-state index in [1.807, 2.05) is 73.6 Å². The molecular formula is C26H46N2O3. The summed E-state index contributed by atoms with van der Waals surface area (Å²) in [5.41, 5.74) is 3.06. The smallest absolute Gasteiger partial charge is 0.407 e. The van der Waals surface area contributed by atoms with Crippen LogP contribution in [0, 0.1) is 0 Å². The fourth-order valence-corrected chi connectivity index (χ4v) is 2.33. The van der Waals surface area contributed by atoms with Gasteiger partial charge in [-0.3, -0.25) is 4.79 Å². The van der Waals surface area contributed by atoms with Crippen molar-refractivity contribution in [2.24, 2.45) is 0 Å². The molecule has 178 valence electrons. The molecule has 5 nitrogen and oxygen atoms in total. The van der Waals surface area contributed by atoms with E-state index in [0.29, 0.717) is 0 Å². The lowest BCUT2D eigenvalue weighted by Gasteiger charge is -2.28. The first-order valence-electron chi connectivity index (χ1n) is 11.2. The monoisotopic (exact) mass is 434 g/mol. The van der Waals surface area contributed by atoms with E-state index in [0.717, 1.165) is 12.0 Å². The van der Waals surface area contributed by atoms with Crippen LogP contribution < -0.4 is 5.32 Å². The quantitative estimate of drug-likeness (QED) is 0.569. The topological polar surface area (TPSA) is 58.6 Å². The number of hydrogen-bond donors (Lipinski definition) is 1. The highest BCUT2D eigenvalue weighted by atomic mass is 16.5. The molecule has 0 unspecified atom stereocenters. The van der Waals surface area contributed by atoms with Gasteiger partial charge in [0.05, 0.1) is 12.6 Å². The fourth-order valence-electron chi connectivity index (χ4n) is 2.33. The maximum Gasteiger partial charge on any atom is 0.407 e. The largest absolute Gasteiger partial charge is 0.453 e. The number of rotatable bonds is 3. The molecule has 0 spiro atoms. The van der Waals surface area contributed by atoms with E-state index >= 15 is 0 Å². The van der Waals surface area contributed by atoms with E-state index in [2.05, 4.69) is 29.6 Å². The summed E-state index contributed by atoms with van der Waals surface area (Å²) in [6.07, 6.45) is 6.83. The Morgan fingerprint density at radius 1 is 1.00 bits per heavy atom. The summed E-state index contributed by atoms with van der Waals surface area (Å²) in [5, 5.41) is 2.88. The van der Waals surface area contributed by atoms with Gasteiger partial charge in [0.2, 0.25) is 5.91 Å². The van der Waals surface area contributed by atoms with Crippen LogP contribution in [-0.4, -0.2) is 38.1 Å². The molecule has 0 aliphatic heterocycles. The highest BCUT2D eigenvalue weighted by molar-refractivity contribution is 5.75. The van der Waals surface area contributed by atoms with Gasteiger partial charge in [-0.25, -0.2) is 4.79 Å². The van der Waals surface area contributed by atoms with Crippen molar-refractivity contribution >= 4 is 17.6 Å². The summed E-state index contributed by atoms with van der Waals surface area (Å²) in [5.74, 6) is 0.0926. The Labute approximate surface area is 191 Å². The van der Waals surface area contributed by atoms with Gasteiger partial charge in [-0.15, -0.1) is 0 Å². The second kappa shape index (κ2) is 19.4. The van der Waals surface area contributed by atoms with Crippen LogP contribution in [0.2, 0.25) is 0 Å². The van der Waals surface area contributed by atoms with E-state index in [-0.39, 0.29) is 5.91 Å². The number of ether oxygens (including phenoxy) is 1. The predicted octanol–water partition coefficient (Wildman–Crippen LogP) is 6.79. The lowest BCUT2D eigenvalue weighted by molar-refractivity contribution is -0.126. The molecule has 1 N–H and O–H groups in total. The highest BCUT2D eigenvalue weighted by Gasteiger charge is 2.26. The Bertz CT molecular complexity index is 675. The fraction of sp³-hybridized carbons (Fsp3) is 0.538. The first-order valence-corrected chi connectivity index (χ1v) is 11.2. The van der Waals surface area contributed by atoms with Crippen molar-refractivity contribution in [3.8, 4) is 0 Å². The molecule has 0 atom stereocenters. The molecule has 1 aromatic rings. The van der Waals surface area contributed by atoms with Gasteiger partial charge >= 0.3 is 6.09 Å². The van der Waals surface area contributed by atoms with Gasteiger partial charge in [0, 0.05) is 21.0 Å². The number of methoxy groups -OCH3 is 1. The zero-order chi connectivity index (χ0) is 25.0. The predicted molar refractivity (Wildman–Crippen MR) is 135 cm³/mol. The van der Waals surface area contributed by atoms with Gasteiger partial charge in [-0.2, -0.15) is 0 Å². The van der Waals surface area contributed by atoms with Gasteiger partial charge < -0.3 is 15.0 Å². The van der Waals surface area contributed by atoms with Gasteiger partial charge in [-0.1, -0.05) is 84.0 Å². The van der Waals surface area contributed by atoms with Crippen molar-refractivity contribution in [3.05, 3.63) is 53.6 Å². The van der Waals surface area contributed by atoms with Gasteiger partial charge in [0.15, 0.2) is 0 Å². The maximum atomic E-state index is 11.5. The zero-order valence-corrected chi connectivity index (χ0v) is 21.9. The molecule has 1 aliphatic carbocycles. The average Bonchev–Trinajstić information content (AvgIpc) is 3.33. The summed E-state index contributed by atoms with van der Waals surface area (Å²) in [6, 6.07) is 8.15. The number of allylic oxidation sites excluding steroid dienone is 4. The SMILES string of the molecule is CC.CC.CC.CC(=O)N(C)C.COC(=O)NC(C)(C)c1ccccc1C1=CC=CC1. The van der Waals surface area contributed by atoms with Gasteiger partial charge in [-0.05, 0) is 37.0 Å². The number of nitrogens with zero attached hydrogens (tertiary/aromatic N) is 1. The Morgan fingerprint density at radius 2 is 1.48 bits per heavy atom. The lowest BCUT2D eigenvalue weighted by atomic mass is 9.86. The molecule has 0 saturated carbocycles. The van der Waals surface area contributed by atoms with E-state index in [1.165, 1.54) is 30.1 Å². The van der Waals surface area contributed by atoms with Crippen molar-refractivity contribution in [1.82, 2.24) is 10.2 Å². The summed E-state index contributed by atoms with van der Waals surface area (Å²) in [7, 11) is 4.82. The highest BCUT2D eigenvalue weighted by Crippen LogP contribution is 2.32. The van der Waals surface area contributed by atoms with Crippen molar-refractivity contribution in [1.29, 1.82) is 0 Å². The normalized spacial score (nSPS) is 10.8. The van der Waals surface area contributed by atoms with Crippen molar-refractivity contribution in [2.45, 2.75) is 74.3 Å². The van der Waals surface area contributed by atoms with Gasteiger partial charge in [0.1, 0.15) is 0 Å². The molecule has 1 aromatic carbocycles. The molecule has 5 heteroatoms. The van der Waals surface area contributed by atoms with E-state index < -0.39 is 11.6 Å². The Kier molecular flexibility index (Phi) is 20.7. The van der Waals surface area contributed by atoms with Crippen molar-refractivity contribution in [3.63, 3.8) is 0 Å². The minimum atomic E-state index is -0.479.